The first-order valence-corrected chi connectivity index (χ1v) is 10.8. The molecule has 6 heteroatoms. The summed E-state index contributed by atoms with van der Waals surface area (Å²) in [6.45, 7) is 9.39. The van der Waals surface area contributed by atoms with Gasteiger partial charge in [-0.15, -0.1) is 5.48 Å². The molecule has 156 valence electrons. The lowest BCUT2D eigenvalue weighted by atomic mass is 9.84. The lowest BCUT2D eigenvalue weighted by Crippen LogP contribution is -2.33. The minimum Gasteiger partial charge on any atom is -0.460 e. The summed E-state index contributed by atoms with van der Waals surface area (Å²) in [5.41, 5.74) is 2.50. The third-order valence-corrected chi connectivity index (χ3v) is 5.24. The van der Waals surface area contributed by atoms with Crippen LogP contribution in [-0.2, 0) is 14.4 Å². The maximum atomic E-state index is 12.4. The first-order valence-electron chi connectivity index (χ1n) is 10.8. The maximum Gasteiger partial charge on any atom is 0.307 e. The fourth-order valence-corrected chi connectivity index (χ4v) is 3.92. The summed E-state index contributed by atoms with van der Waals surface area (Å²) >= 11 is 0. The molecule has 0 spiro atoms. The average Bonchev–Trinajstić information content (AvgIpc) is 3.07. The zero-order valence-corrected chi connectivity index (χ0v) is 17.7. The first-order chi connectivity index (χ1) is 12.9. The maximum absolute atomic E-state index is 12.4. The molecule has 0 saturated heterocycles. The highest BCUT2D eigenvalue weighted by Crippen LogP contribution is 2.29. The molecule has 1 fully saturated rings. The van der Waals surface area contributed by atoms with Crippen LogP contribution >= 0.6 is 0 Å². The van der Waals surface area contributed by atoms with Crippen LogP contribution in [0.4, 0.5) is 0 Å². The fraction of sp³-hybridized carbons (Fsp3) is 0.905. The molecule has 0 aromatic rings. The van der Waals surface area contributed by atoms with E-state index >= 15 is 0 Å². The van der Waals surface area contributed by atoms with Gasteiger partial charge in [-0.2, -0.15) is 0 Å². The second-order valence-electron chi connectivity index (χ2n) is 8.93. The zero-order chi connectivity index (χ0) is 19.7. The first kappa shape index (κ1) is 22.2. The van der Waals surface area contributed by atoms with E-state index in [1.165, 1.54) is 38.5 Å². The van der Waals surface area contributed by atoms with Crippen LogP contribution in [0.5, 0.6) is 0 Å². The molecule has 0 aromatic heterocycles. The Kier molecular flexibility index (Phi) is 9.03. The van der Waals surface area contributed by atoms with Crippen LogP contribution in [-0.4, -0.2) is 36.7 Å². The number of carbonyl (C=O) groups is 1. The molecule has 2 rings (SSSR count). The number of nitrogens with one attached hydrogen (secondary N) is 2. The highest BCUT2D eigenvalue weighted by atomic mass is 16.7. The molecule has 2 aliphatic rings. The molecule has 27 heavy (non-hydrogen) atoms. The second kappa shape index (κ2) is 11.0. The van der Waals surface area contributed by atoms with E-state index in [0.717, 1.165) is 31.8 Å². The summed E-state index contributed by atoms with van der Waals surface area (Å²) in [5.74, 6) is 1.33. The lowest BCUT2D eigenvalue weighted by molar-refractivity contribution is -0.155. The number of esters is 1. The minimum atomic E-state index is -0.464. The fourth-order valence-electron chi connectivity index (χ4n) is 3.92. The normalized spacial score (nSPS) is 22.2. The summed E-state index contributed by atoms with van der Waals surface area (Å²) < 4.78 is 5.53. The Hall–Kier alpha value is -1.14. The van der Waals surface area contributed by atoms with Gasteiger partial charge < -0.3 is 14.9 Å². The van der Waals surface area contributed by atoms with E-state index in [1.807, 2.05) is 20.8 Å². The van der Waals surface area contributed by atoms with E-state index in [0.29, 0.717) is 12.3 Å². The molecule has 1 heterocycles. The average molecular weight is 382 g/mol. The SMILES string of the molecule is CCNCC1N=C(C(CCCC2CCCCC2)CC(=O)OC(C)(C)C)ON1. The summed E-state index contributed by atoms with van der Waals surface area (Å²) in [7, 11) is 0. The number of nitrogens with zero attached hydrogens (tertiary/aromatic N) is 1. The van der Waals surface area contributed by atoms with Gasteiger partial charge in [0.1, 0.15) is 11.8 Å². The standard InChI is InChI=1S/C21H39N3O3/c1-5-22-15-18-23-20(27-24-18)17(14-19(25)26-21(2,3)4)13-9-12-16-10-7-6-8-11-16/h16-18,22,24H,5-15H2,1-4H3. The number of likely N-dealkylation sites (N-methyl/N-ethyl adjacent to an activating group) is 1. The van der Waals surface area contributed by atoms with Crippen LogP contribution in [0.2, 0.25) is 0 Å². The number of aliphatic imine (C=N–C) groups is 1. The van der Waals surface area contributed by atoms with Gasteiger partial charge in [-0.1, -0.05) is 51.9 Å². The van der Waals surface area contributed by atoms with Crippen molar-refractivity contribution >= 4 is 11.9 Å². The zero-order valence-electron chi connectivity index (χ0n) is 17.7. The molecule has 1 saturated carbocycles. The molecule has 0 radical (unpaired) electrons. The number of rotatable bonds is 10. The van der Waals surface area contributed by atoms with Crippen LogP contribution in [0.25, 0.3) is 0 Å². The molecule has 6 nitrogen and oxygen atoms in total. The summed E-state index contributed by atoms with van der Waals surface area (Å²) in [6.07, 6.45) is 10.4. The van der Waals surface area contributed by atoms with Crippen molar-refractivity contribution in [1.82, 2.24) is 10.8 Å². The molecule has 0 bridgehead atoms. The molecule has 2 atom stereocenters. The van der Waals surface area contributed by atoms with Crippen LogP contribution < -0.4 is 10.8 Å². The van der Waals surface area contributed by atoms with Gasteiger partial charge in [-0.25, -0.2) is 4.99 Å². The molecular formula is C21H39N3O3. The van der Waals surface area contributed by atoms with Crippen molar-refractivity contribution in [2.24, 2.45) is 16.8 Å². The van der Waals surface area contributed by atoms with E-state index in [1.54, 1.807) is 0 Å². The highest BCUT2D eigenvalue weighted by molar-refractivity contribution is 5.84. The van der Waals surface area contributed by atoms with Crippen molar-refractivity contribution in [2.45, 2.75) is 97.2 Å². The molecule has 2 N–H and O–H groups in total. The van der Waals surface area contributed by atoms with E-state index in [9.17, 15) is 4.79 Å². The van der Waals surface area contributed by atoms with Gasteiger partial charge >= 0.3 is 5.97 Å². The number of hydroxylamine groups is 1. The Morgan fingerprint density at radius 3 is 2.74 bits per heavy atom. The quantitative estimate of drug-likeness (QED) is 0.561. The largest absolute Gasteiger partial charge is 0.460 e. The number of hydrogen-bond donors (Lipinski definition) is 2. The monoisotopic (exact) mass is 381 g/mol. The second-order valence-corrected chi connectivity index (χ2v) is 8.93. The summed E-state index contributed by atoms with van der Waals surface area (Å²) in [5, 5.41) is 3.27. The summed E-state index contributed by atoms with van der Waals surface area (Å²) in [6, 6.07) is 0. The van der Waals surface area contributed by atoms with Gasteiger partial charge in [-0.3, -0.25) is 4.79 Å². The lowest BCUT2D eigenvalue weighted by Gasteiger charge is -2.23. The Morgan fingerprint density at radius 1 is 1.33 bits per heavy atom. The van der Waals surface area contributed by atoms with Crippen molar-refractivity contribution < 1.29 is 14.4 Å². The third-order valence-electron chi connectivity index (χ3n) is 5.24. The van der Waals surface area contributed by atoms with Gasteiger partial charge in [0.05, 0.1) is 6.42 Å². The Morgan fingerprint density at radius 2 is 2.07 bits per heavy atom. The molecule has 2 unspecified atom stereocenters. The topological polar surface area (TPSA) is 72.0 Å². The van der Waals surface area contributed by atoms with E-state index < -0.39 is 5.60 Å². The van der Waals surface area contributed by atoms with Crippen molar-refractivity contribution in [1.29, 1.82) is 0 Å². The van der Waals surface area contributed by atoms with Gasteiger partial charge in [0.15, 0.2) is 0 Å². The van der Waals surface area contributed by atoms with Crippen molar-refractivity contribution in [2.75, 3.05) is 13.1 Å². The summed E-state index contributed by atoms with van der Waals surface area (Å²) in [4.78, 5) is 22.7. The minimum absolute atomic E-state index is 0.0115. The van der Waals surface area contributed by atoms with Gasteiger partial charge in [-0.05, 0) is 39.7 Å². The van der Waals surface area contributed by atoms with E-state index in [4.69, 9.17) is 9.57 Å². The van der Waals surface area contributed by atoms with Gasteiger partial charge in [0.2, 0.25) is 5.90 Å². The highest BCUT2D eigenvalue weighted by Gasteiger charge is 2.29. The van der Waals surface area contributed by atoms with Crippen molar-refractivity contribution in [3.63, 3.8) is 0 Å². The molecular weight excluding hydrogens is 342 g/mol. The van der Waals surface area contributed by atoms with Crippen LogP contribution in [0.1, 0.15) is 85.5 Å². The van der Waals surface area contributed by atoms with Crippen LogP contribution in [0.3, 0.4) is 0 Å². The Balaban J connectivity index is 1.90. The number of ether oxygens (including phenoxy) is 1. The smallest absolute Gasteiger partial charge is 0.307 e. The Labute approximate surface area is 164 Å². The van der Waals surface area contributed by atoms with E-state index in [2.05, 4.69) is 22.7 Å². The third kappa shape index (κ3) is 8.60. The van der Waals surface area contributed by atoms with Crippen molar-refractivity contribution in [3.8, 4) is 0 Å². The number of carbonyl (C=O) groups excluding carboxylic acids is 1. The molecule has 1 aliphatic heterocycles. The Bertz CT molecular complexity index is 482. The van der Waals surface area contributed by atoms with Gasteiger partial charge in [0.25, 0.3) is 0 Å². The predicted octanol–water partition coefficient (Wildman–Crippen LogP) is 3.95. The van der Waals surface area contributed by atoms with Gasteiger partial charge in [0, 0.05) is 12.5 Å². The van der Waals surface area contributed by atoms with Crippen LogP contribution in [0, 0.1) is 11.8 Å². The predicted molar refractivity (Wildman–Crippen MR) is 108 cm³/mol. The molecule has 1 aliphatic carbocycles. The molecule has 0 amide bonds. The van der Waals surface area contributed by atoms with E-state index in [-0.39, 0.29) is 18.1 Å². The van der Waals surface area contributed by atoms with Crippen molar-refractivity contribution in [3.05, 3.63) is 0 Å². The number of hydrogen-bond acceptors (Lipinski definition) is 6. The molecule has 0 aromatic carbocycles. The van der Waals surface area contributed by atoms with Crippen LogP contribution in [0.15, 0.2) is 4.99 Å².